The van der Waals surface area contributed by atoms with Gasteiger partial charge in [-0.05, 0) is 106 Å². The maximum atomic E-state index is 4.72. The van der Waals surface area contributed by atoms with Crippen molar-refractivity contribution in [1.29, 1.82) is 0 Å². The van der Waals surface area contributed by atoms with Crippen LogP contribution in [0.25, 0.3) is 97.9 Å². The molecule has 0 unspecified atom stereocenters. The Morgan fingerprint density at radius 1 is 0.304 bits per heavy atom. The van der Waals surface area contributed by atoms with Crippen LogP contribution in [-0.2, 0) is 0 Å². The summed E-state index contributed by atoms with van der Waals surface area (Å²) in [6.07, 6.45) is 3.69. The van der Waals surface area contributed by atoms with E-state index in [4.69, 9.17) is 4.98 Å². The minimum Gasteiger partial charge on any atom is -0.254 e. The Kier molecular flexibility index (Phi) is 5.31. The largest absolute Gasteiger partial charge is 0.254 e. The molecule has 0 N–H and O–H groups in total. The van der Waals surface area contributed by atoms with Crippen LogP contribution in [0.15, 0.2) is 158 Å². The molecule has 2 heterocycles. The van der Waals surface area contributed by atoms with E-state index in [0.29, 0.717) is 0 Å². The van der Waals surface area contributed by atoms with Crippen LogP contribution < -0.4 is 0 Å². The van der Waals surface area contributed by atoms with Crippen molar-refractivity contribution in [2.24, 2.45) is 0 Å². The summed E-state index contributed by atoms with van der Waals surface area (Å²) < 4.78 is 0. The van der Waals surface area contributed by atoms with Crippen LogP contribution in [-0.4, -0.2) is 9.97 Å². The fourth-order valence-electron chi connectivity index (χ4n) is 7.61. The van der Waals surface area contributed by atoms with E-state index in [2.05, 4.69) is 138 Å². The van der Waals surface area contributed by atoms with E-state index in [0.717, 1.165) is 21.8 Å². The first-order chi connectivity index (χ1) is 22.8. The molecule has 46 heavy (non-hydrogen) atoms. The van der Waals surface area contributed by atoms with Gasteiger partial charge in [-0.2, -0.15) is 0 Å². The second-order valence-electron chi connectivity index (χ2n) is 12.2. The summed E-state index contributed by atoms with van der Waals surface area (Å²) in [5, 5.41) is 15.0. The summed E-state index contributed by atoms with van der Waals surface area (Å²) in [6.45, 7) is 0. The monoisotopic (exact) mass is 582 g/mol. The average Bonchev–Trinajstić information content (AvgIpc) is 3.13. The van der Waals surface area contributed by atoms with Gasteiger partial charge >= 0.3 is 0 Å². The highest BCUT2D eigenvalue weighted by atomic mass is 14.7. The van der Waals surface area contributed by atoms with Gasteiger partial charge in [-0.15, -0.1) is 0 Å². The number of aromatic nitrogens is 2. The van der Waals surface area contributed by atoms with Crippen molar-refractivity contribution in [1.82, 2.24) is 9.97 Å². The van der Waals surface area contributed by atoms with E-state index in [-0.39, 0.29) is 0 Å². The van der Waals surface area contributed by atoms with Crippen molar-refractivity contribution >= 4 is 75.7 Å². The fourth-order valence-corrected chi connectivity index (χ4v) is 7.61. The highest BCUT2D eigenvalue weighted by molar-refractivity contribution is 6.33. The molecule has 2 nitrogen and oxygen atoms in total. The quantitative estimate of drug-likeness (QED) is 0.190. The second kappa shape index (κ2) is 9.69. The van der Waals surface area contributed by atoms with Crippen molar-refractivity contribution in [3.05, 3.63) is 158 Å². The molecule has 0 spiro atoms. The number of benzene rings is 7. The molecule has 0 radical (unpaired) electrons. The molecule has 0 aliphatic rings. The van der Waals surface area contributed by atoms with Crippen LogP contribution in [0.4, 0.5) is 0 Å². The molecule has 0 fully saturated rings. The normalized spacial score (nSPS) is 11.9. The number of rotatable bonds is 2. The molecular formula is C44H26N2. The summed E-state index contributed by atoms with van der Waals surface area (Å²) in [7, 11) is 0. The van der Waals surface area contributed by atoms with E-state index in [1.165, 1.54) is 76.1 Å². The Bertz CT molecular complexity index is 2850. The van der Waals surface area contributed by atoms with Gasteiger partial charge in [0.2, 0.25) is 0 Å². The minimum atomic E-state index is 0.937. The van der Waals surface area contributed by atoms with Crippen LogP contribution in [0.5, 0.6) is 0 Å². The lowest BCUT2D eigenvalue weighted by Crippen LogP contribution is -1.89. The zero-order valence-electron chi connectivity index (χ0n) is 24.9. The van der Waals surface area contributed by atoms with E-state index in [9.17, 15) is 0 Å². The molecule has 0 saturated carbocycles. The number of pyridine rings is 2. The predicted octanol–water partition coefficient (Wildman–Crippen LogP) is 11.9. The number of fused-ring (bicyclic) bond motifs is 8. The topological polar surface area (TPSA) is 25.8 Å². The number of nitrogens with zero attached hydrogens (tertiary/aromatic N) is 2. The van der Waals surface area contributed by atoms with Crippen LogP contribution in [0, 0.1) is 0 Å². The zero-order chi connectivity index (χ0) is 30.2. The van der Waals surface area contributed by atoms with Gasteiger partial charge in [0, 0.05) is 23.2 Å². The highest BCUT2D eigenvalue weighted by Gasteiger charge is 2.15. The van der Waals surface area contributed by atoms with E-state index >= 15 is 0 Å². The summed E-state index contributed by atoms with van der Waals surface area (Å²) in [5.74, 6) is 0. The third kappa shape index (κ3) is 3.65. The zero-order valence-corrected chi connectivity index (χ0v) is 24.9. The van der Waals surface area contributed by atoms with Crippen LogP contribution in [0.1, 0.15) is 0 Å². The third-order valence-corrected chi connectivity index (χ3v) is 9.67. The van der Waals surface area contributed by atoms with Crippen molar-refractivity contribution in [3.8, 4) is 22.3 Å². The molecule has 2 aromatic heterocycles. The van der Waals surface area contributed by atoms with Gasteiger partial charge in [-0.3, -0.25) is 9.97 Å². The van der Waals surface area contributed by atoms with E-state index in [1.807, 2.05) is 24.5 Å². The smallest absolute Gasteiger partial charge is 0.0970 e. The Hall–Kier alpha value is -6.12. The Morgan fingerprint density at radius 3 is 1.65 bits per heavy atom. The molecule has 0 bridgehead atoms. The van der Waals surface area contributed by atoms with Crippen LogP contribution >= 0.6 is 0 Å². The third-order valence-electron chi connectivity index (χ3n) is 9.67. The maximum Gasteiger partial charge on any atom is 0.0970 e. The first-order valence-corrected chi connectivity index (χ1v) is 15.7. The molecule has 10 aromatic rings. The minimum absolute atomic E-state index is 0.937. The molecule has 0 saturated heterocycles. The number of hydrogen-bond donors (Lipinski definition) is 0. The summed E-state index contributed by atoms with van der Waals surface area (Å²) in [4.78, 5) is 9.36. The van der Waals surface area contributed by atoms with Gasteiger partial charge in [0.1, 0.15) is 0 Å². The van der Waals surface area contributed by atoms with Crippen molar-refractivity contribution in [2.45, 2.75) is 0 Å². The summed E-state index contributed by atoms with van der Waals surface area (Å²) in [6, 6.07) is 53.3. The molecule has 8 aromatic carbocycles. The summed E-state index contributed by atoms with van der Waals surface area (Å²) >= 11 is 0. The fraction of sp³-hybridized carbons (Fsp3) is 0. The molecule has 0 amide bonds. The molecule has 0 aliphatic heterocycles. The maximum absolute atomic E-state index is 4.72. The van der Waals surface area contributed by atoms with Gasteiger partial charge in [-0.1, -0.05) is 115 Å². The van der Waals surface area contributed by atoms with Gasteiger partial charge < -0.3 is 0 Å². The van der Waals surface area contributed by atoms with Gasteiger partial charge in [-0.25, -0.2) is 0 Å². The van der Waals surface area contributed by atoms with Crippen molar-refractivity contribution in [2.75, 3.05) is 0 Å². The SMILES string of the molecule is c1cnc2c(c1)cc(-c1ccc(-c3cc4ccc5cccc6c7ccccc7c7ccccc7c(c3)c4c56)cc1)c1cccnc12. The molecule has 0 aliphatic carbocycles. The van der Waals surface area contributed by atoms with Gasteiger partial charge in [0.15, 0.2) is 0 Å². The van der Waals surface area contributed by atoms with Gasteiger partial charge in [0.05, 0.1) is 11.0 Å². The van der Waals surface area contributed by atoms with Crippen molar-refractivity contribution < 1.29 is 0 Å². The van der Waals surface area contributed by atoms with Gasteiger partial charge in [0.25, 0.3) is 0 Å². The van der Waals surface area contributed by atoms with E-state index < -0.39 is 0 Å². The Balaban J connectivity index is 1.24. The van der Waals surface area contributed by atoms with Crippen LogP contribution in [0.3, 0.4) is 0 Å². The lowest BCUT2D eigenvalue weighted by Gasteiger charge is -2.15. The lowest BCUT2D eigenvalue weighted by atomic mass is 9.88. The first-order valence-electron chi connectivity index (χ1n) is 15.7. The first kappa shape index (κ1) is 25.2. The standard InChI is InChI=1S/C44H26N2/c1-3-12-35-33(10-1)34-11-2-4-13-36(34)40-26-32(24-30-21-20-29-8-5-14-37(35)41(29)42(30)40)27-16-18-28(19-17-27)39-25-31-9-6-22-45-43(31)44-38(39)15-7-23-46-44/h1-26H. The second-order valence-corrected chi connectivity index (χ2v) is 12.2. The van der Waals surface area contributed by atoms with Crippen molar-refractivity contribution in [3.63, 3.8) is 0 Å². The molecule has 2 heteroatoms. The predicted molar refractivity (Wildman–Crippen MR) is 195 cm³/mol. The highest BCUT2D eigenvalue weighted by Crippen LogP contribution is 2.42. The van der Waals surface area contributed by atoms with E-state index in [1.54, 1.807) is 0 Å². The van der Waals surface area contributed by atoms with Crippen LogP contribution in [0.2, 0.25) is 0 Å². The number of hydrogen-bond acceptors (Lipinski definition) is 2. The molecule has 0 atom stereocenters. The average molecular weight is 583 g/mol. The Morgan fingerprint density at radius 2 is 0.870 bits per heavy atom. The lowest BCUT2D eigenvalue weighted by molar-refractivity contribution is 1.37. The summed E-state index contributed by atoms with van der Waals surface area (Å²) in [5.41, 5.74) is 6.62. The Labute approximate surface area is 265 Å². The molecule has 10 rings (SSSR count). The molecular weight excluding hydrogens is 556 g/mol. The molecule has 212 valence electrons.